The first-order valence-electron chi connectivity index (χ1n) is 8.58. The summed E-state index contributed by atoms with van der Waals surface area (Å²) in [6.07, 6.45) is 0.513. The normalized spacial score (nSPS) is 18.1. The molecule has 9 heteroatoms. The van der Waals surface area contributed by atoms with Crippen LogP contribution in [0.4, 0.5) is 5.95 Å². The van der Waals surface area contributed by atoms with Gasteiger partial charge in [-0.25, -0.2) is 18.4 Å². The predicted molar refractivity (Wildman–Crippen MR) is 102 cm³/mol. The fraction of sp³-hybridized carbons (Fsp3) is 0.389. The van der Waals surface area contributed by atoms with Crippen LogP contribution >= 0.6 is 0 Å². The van der Waals surface area contributed by atoms with Gasteiger partial charge in [-0.05, 0) is 37.1 Å². The Morgan fingerprint density at radius 3 is 2.63 bits per heavy atom. The molecule has 0 saturated carbocycles. The maximum absolute atomic E-state index is 12.4. The van der Waals surface area contributed by atoms with E-state index in [0.717, 1.165) is 11.3 Å². The number of hydrogen-bond donors (Lipinski definition) is 2. The molecule has 0 radical (unpaired) electrons. The van der Waals surface area contributed by atoms with Crippen LogP contribution in [0, 0.1) is 6.92 Å². The van der Waals surface area contributed by atoms with Gasteiger partial charge in [0, 0.05) is 18.3 Å². The summed E-state index contributed by atoms with van der Waals surface area (Å²) in [5.74, 6) is 0.917. The van der Waals surface area contributed by atoms with Crippen LogP contribution in [0.3, 0.4) is 0 Å². The number of hydrogen-bond acceptors (Lipinski definition) is 7. The summed E-state index contributed by atoms with van der Waals surface area (Å²) >= 11 is 0. The molecule has 0 bridgehead atoms. The molecule has 2 aromatic rings. The molecule has 1 aliphatic rings. The molecule has 1 aromatic heterocycles. The van der Waals surface area contributed by atoms with Crippen molar-refractivity contribution in [3.8, 4) is 5.75 Å². The van der Waals surface area contributed by atoms with Crippen LogP contribution in [0.2, 0.25) is 0 Å². The van der Waals surface area contributed by atoms with E-state index < -0.39 is 9.84 Å². The van der Waals surface area contributed by atoms with E-state index in [9.17, 15) is 13.2 Å². The predicted octanol–water partition coefficient (Wildman–Crippen LogP) is 1.32. The van der Waals surface area contributed by atoms with E-state index in [4.69, 9.17) is 4.74 Å². The average Bonchev–Trinajstić information content (AvgIpc) is 2.98. The van der Waals surface area contributed by atoms with E-state index >= 15 is 0 Å². The highest BCUT2D eigenvalue weighted by Crippen LogP contribution is 2.16. The van der Waals surface area contributed by atoms with Crippen molar-refractivity contribution >= 4 is 21.7 Å². The SMILES string of the molecule is COc1ccc(CNC(=O)c2cc(C)nc(NC3CCS(=O)(=O)C3)n2)cc1. The van der Waals surface area contributed by atoms with Crippen molar-refractivity contribution in [1.82, 2.24) is 15.3 Å². The maximum atomic E-state index is 12.4. The number of methoxy groups -OCH3 is 1. The van der Waals surface area contributed by atoms with Gasteiger partial charge in [0.25, 0.3) is 5.91 Å². The number of carbonyl (C=O) groups excluding carboxylic acids is 1. The van der Waals surface area contributed by atoms with Gasteiger partial charge in [-0.2, -0.15) is 0 Å². The fourth-order valence-corrected chi connectivity index (χ4v) is 4.53. The number of aromatic nitrogens is 2. The van der Waals surface area contributed by atoms with E-state index in [1.54, 1.807) is 20.1 Å². The highest BCUT2D eigenvalue weighted by atomic mass is 32.2. The molecule has 1 aromatic carbocycles. The van der Waals surface area contributed by atoms with Crippen molar-refractivity contribution in [3.05, 3.63) is 47.3 Å². The molecule has 1 fully saturated rings. The second-order valence-electron chi connectivity index (χ2n) is 6.49. The lowest BCUT2D eigenvalue weighted by Crippen LogP contribution is -2.26. The Hall–Kier alpha value is -2.68. The third-order valence-electron chi connectivity index (χ3n) is 4.26. The van der Waals surface area contributed by atoms with Gasteiger partial charge in [-0.3, -0.25) is 4.79 Å². The van der Waals surface area contributed by atoms with Crippen molar-refractivity contribution in [2.75, 3.05) is 23.9 Å². The summed E-state index contributed by atoms with van der Waals surface area (Å²) in [6.45, 7) is 2.12. The standard InChI is InChI=1S/C18H22N4O4S/c1-12-9-16(17(23)19-10-13-3-5-15(26-2)6-4-13)22-18(20-12)21-14-7-8-27(24,25)11-14/h3-6,9,14H,7-8,10-11H2,1-2H3,(H,19,23)(H,20,21,22). The zero-order valence-corrected chi connectivity index (χ0v) is 16.0. The number of sulfone groups is 1. The lowest BCUT2D eigenvalue weighted by molar-refractivity contribution is 0.0945. The minimum absolute atomic E-state index is 0.0588. The van der Waals surface area contributed by atoms with Crippen LogP contribution in [0.25, 0.3) is 0 Å². The van der Waals surface area contributed by atoms with E-state index in [-0.39, 0.29) is 35.1 Å². The van der Waals surface area contributed by atoms with Crippen LogP contribution in [0.5, 0.6) is 5.75 Å². The van der Waals surface area contributed by atoms with Gasteiger partial charge >= 0.3 is 0 Å². The lowest BCUT2D eigenvalue weighted by Gasteiger charge is -2.12. The van der Waals surface area contributed by atoms with E-state index in [1.165, 1.54) is 0 Å². The number of anilines is 1. The molecule has 0 aliphatic carbocycles. The lowest BCUT2D eigenvalue weighted by atomic mass is 10.2. The number of amides is 1. The minimum Gasteiger partial charge on any atom is -0.497 e. The molecule has 1 unspecified atom stereocenters. The van der Waals surface area contributed by atoms with Gasteiger partial charge in [0.1, 0.15) is 11.4 Å². The summed E-state index contributed by atoms with van der Waals surface area (Å²) in [7, 11) is -1.40. The Morgan fingerprint density at radius 1 is 1.26 bits per heavy atom. The van der Waals surface area contributed by atoms with Crippen molar-refractivity contribution in [2.45, 2.75) is 25.9 Å². The molecular weight excluding hydrogens is 368 g/mol. The molecule has 8 nitrogen and oxygen atoms in total. The van der Waals surface area contributed by atoms with Crippen molar-refractivity contribution in [1.29, 1.82) is 0 Å². The monoisotopic (exact) mass is 390 g/mol. The number of ether oxygens (including phenoxy) is 1. The van der Waals surface area contributed by atoms with E-state index in [1.807, 2.05) is 24.3 Å². The molecule has 27 heavy (non-hydrogen) atoms. The largest absolute Gasteiger partial charge is 0.497 e. The number of nitrogens with zero attached hydrogens (tertiary/aromatic N) is 2. The molecule has 1 atom stereocenters. The summed E-state index contributed by atoms with van der Waals surface area (Å²) in [4.78, 5) is 20.9. The first-order chi connectivity index (χ1) is 12.8. The number of rotatable bonds is 6. The summed E-state index contributed by atoms with van der Waals surface area (Å²) in [5.41, 5.74) is 1.80. The molecule has 3 rings (SSSR count). The first-order valence-corrected chi connectivity index (χ1v) is 10.4. The molecular formula is C18H22N4O4S. The van der Waals surface area contributed by atoms with Crippen molar-refractivity contribution in [3.63, 3.8) is 0 Å². The Labute approximate surface area is 158 Å². The van der Waals surface area contributed by atoms with Gasteiger partial charge in [-0.15, -0.1) is 0 Å². The smallest absolute Gasteiger partial charge is 0.270 e. The zero-order valence-electron chi connectivity index (χ0n) is 15.2. The first kappa shape index (κ1) is 19.1. The van der Waals surface area contributed by atoms with Crippen molar-refractivity contribution in [2.24, 2.45) is 0 Å². The summed E-state index contributed by atoms with van der Waals surface area (Å²) in [5, 5.41) is 5.84. The van der Waals surface area contributed by atoms with E-state index in [0.29, 0.717) is 18.7 Å². The van der Waals surface area contributed by atoms with Gasteiger partial charge < -0.3 is 15.4 Å². The number of benzene rings is 1. The summed E-state index contributed by atoms with van der Waals surface area (Å²) in [6, 6.07) is 8.77. The maximum Gasteiger partial charge on any atom is 0.270 e. The number of carbonyl (C=O) groups is 1. The molecule has 1 saturated heterocycles. The minimum atomic E-state index is -3.00. The average molecular weight is 390 g/mol. The Kier molecular flexibility index (Phi) is 5.59. The molecule has 144 valence electrons. The number of aryl methyl sites for hydroxylation is 1. The van der Waals surface area contributed by atoms with Crippen molar-refractivity contribution < 1.29 is 17.9 Å². The Bertz CT molecular complexity index is 929. The van der Waals surface area contributed by atoms with Gasteiger partial charge in [0.05, 0.1) is 18.6 Å². The van der Waals surface area contributed by atoms with Crippen LogP contribution < -0.4 is 15.4 Å². The van der Waals surface area contributed by atoms with Crippen LogP contribution in [0.1, 0.15) is 28.2 Å². The number of nitrogens with one attached hydrogen (secondary N) is 2. The fourth-order valence-electron chi connectivity index (χ4n) is 2.86. The Morgan fingerprint density at radius 2 is 2.00 bits per heavy atom. The van der Waals surface area contributed by atoms with E-state index in [2.05, 4.69) is 20.6 Å². The van der Waals surface area contributed by atoms with Crippen LogP contribution in [-0.4, -0.2) is 49.0 Å². The molecule has 2 N–H and O–H groups in total. The Balaban J connectivity index is 1.64. The van der Waals surface area contributed by atoms with Gasteiger partial charge in [0.2, 0.25) is 5.95 Å². The second kappa shape index (κ2) is 7.91. The molecule has 0 spiro atoms. The quantitative estimate of drug-likeness (QED) is 0.765. The summed E-state index contributed by atoms with van der Waals surface area (Å²) < 4.78 is 28.3. The van der Waals surface area contributed by atoms with Gasteiger partial charge in [-0.1, -0.05) is 12.1 Å². The zero-order chi connectivity index (χ0) is 19.4. The second-order valence-corrected chi connectivity index (χ2v) is 8.72. The highest BCUT2D eigenvalue weighted by molar-refractivity contribution is 7.91. The topological polar surface area (TPSA) is 110 Å². The third kappa shape index (κ3) is 5.16. The molecule has 1 aliphatic heterocycles. The van der Waals surface area contributed by atoms with Gasteiger partial charge in [0.15, 0.2) is 9.84 Å². The van der Waals surface area contributed by atoms with Crippen LogP contribution in [-0.2, 0) is 16.4 Å². The third-order valence-corrected chi connectivity index (χ3v) is 6.03. The molecule has 1 amide bonds. The van der Waals surface area contributed by atoms with Crippen LogP contribution in [0.15, 0.2) is 30.3 Å². The highest BCUT2D eigenvalue weighted by Gasteiger charge is 2.28. The molecule has 2 heterocycles.